The van der Waals surface area contributed by atoms with Crippen LogP contribution in [0.5, 0.6) is 5.75 Å². The van der Waals surface area contributed by atoms with Gasteiger partial charge in [-0.25, -0.2) is 0 Å². The first kappa shape index (κ1) is 14.9. The molecule has 0 atom stereocenters. The average Bonchev–Trinajstić information content (AvgIpc) is 3.10. The molecular weight excluding hydrogens is 274 g/mol. The normalized spacial score (nSPS) is 14.3. The first-order chi connectivity index (χ1) is 10.9. The van der Waals surface area contributed by atoms with Gasteiger partial charge in [-0.1, -0.05) is 6.07 Å². The van der Waals surface area contributed by atoms with Crippen LogP contribution in [0.3, 0.4) is 0 Å². The Hall–Kier alpha value is -2.07. The van der Waals surface area contributed by atoms with E-state index in [4.69, 9.17) is 4.74 Å². The standard InChI is InChI=1S/C18H23N3O/c1-22-18-12-16(4-5-17(18)21-10-2-3-11-21)14-20-13-15-6-8-19-9-7-15/h4-9,12,20H,2-3,10-11,13-14H2,1H3. The molecule has 1 fully saturated rings. The molecule has 3 rings (SSSR count). The van der Waals surface area contributed by atoms with Crippen molar-refractivity contribution in [1.82, 2.24) is 10.3 Å². The van der Waals surface area contributed by atoms with Gasteiger partial charge in [0.25, 0.3) is 0 Å². The van der Waals surface area contributed by atoms with Crippen LogP contribution in [-0.4, -0.2) is 25.2 Å². The number of nitrogens with one attached hydrogen (secondary N) is 1. The molecule has 1 aromatic carbocycles. The second-order valence-corrected chi connectivity index (χ2v) is 5.66. The number of aromatic nitrogens is 1. The largest absolute Gasteiger partial charge is 0.495 e. The number of benzene rings is 1. The summed E-state index contributed by atoms with van der Waals surface area (Å²) in [6, 6.07) is 10.6. The van der Waals surface area contributed by atoms with Crippen LogP contribution in [0.4, 0.5) is 5.69 Å². The molecule has 2 heterocycles. The highest BCUT2D eigenvalue weighted by molar-refractivity contribution is 5.60. The Labute approximate surface area is 132 Å². The summed E-state index contributed by atoms with van der Waals surface area (Å²) in [6.45, 7) is 3.95. The third-order valence-corrected chi connectivity index (χ3v) is 4.10. The lowest BCUT2D eigenvalue weighted by Gasteiger charge is -2.21. The summed E-state index contributed by atoms with van der Waals surface area (Å²) >= 11 is 0. The van der Waals surface area contributed by atoms with Crippen LogP contribution >= 0.6 is 0 Å². The smallest absolute Gasteiger partial charge is 0.142 e. The molecule has 2 aromatic rings. The number of pyridine rings is 1. The van der Waals surface area contributed by atoms with Gasteiger partial charge in [0.05, 0.1) is 12.8 Å². The molecule has 116 valence electrons. The minimum atomic E-state index is 0.832. The lowest BCUT2D eigenvalue weighted by atomic mass is 10.1. The highest BCUT2D eigenvalue weighted by atomic mass is 16.5. The molecule has 0 bridgehead atoms. The molecule has 0 unspecified atom stereocenters. The molecule has 0 amide bonds. The molecule has 4 heteroatoms. The quantitative estimate of drug-likeness (QED) is 0.889. The van der Waals surface area contributed by atoms with E-state index in [-0.39, 0.29) is 0 Å². The van der Waals surface area contributed by atoms with E-state index in [2.05, 4.69) is 33.4 Å². The van der Waals surface area contributed by atoms with Gasteiger partial charge in [-0.05, 0) is 48.2 Å². The minimum absolute atomic E-state index is 0.832. The molecule has 0 spiro atoms. The number of hydrogen-bond acceptors (Lipinski definition) is 4. The van der Waals surface area contributed by atoms with Crippen molar-refractivity contribution >= 4 is 5.69 Å². The van der Waals surface area contributed by atoms with Gasteiger partial charge in [0.1, 0.15) is 5.75 Å². The van der Waals surface area contributed by atoms with E-state index >= 15 is 0 Å². The monoisotopic (exact) mass is 297 g/mol. The first-order valence-electron chi connectivity index (χ1n) is 7.88. The molecule has 22 heavy (non-hydrogen) atoms. The number of ether oxygens (including phenoxy) is 1. The molecule has 1 saturated heterocycles. The Morgan fingerprint density at radius 1 is 1.05 bits per heavy atom. The molecule has 1 N–H and O–H groups in total. The van der Waals surface area contributed by atoms with Crippen molar-refractivity contribution in [3.63, 3.8) is 0 Å². The van der Waals surface area contributed by atoms with E-state index < -0.39 is 0 Å². The fourth-order valence-electron chi connectivity index (χ4n) is 2.90. The van der Waals surface area contributed by atoms with Gasteiger partial charge in [0.15, 0.2) is 0 Å². The molecule has 4 nitrogen and oxygen atoms in total. The predicted molar refractivity (Wildman–Crippen MR) is 89.2 cm³/mol. The maximum Gasteiger partial charge on any atom is 0.142 e. The van der Waals surface area contributed by atoms with Gasteiger partial charge >= 0.3 is 0 Å². The Morgan fingerprint density at radius 2 is 1.77 bits per heavy atom. The van der Waals surface area contributed by atoms with E-state index in [0.717, 1.165) is 31.9 Å². The molecule has 1 aromatic heterocycles. The van der Waals surface area contributed by atoms with Crippen LogP contribution in [0.2, 0.25) is 0 Å². The number of rotatable bonds is 6. The van der Waals surface area contributed by atoms with Gasteiger partial charge in [0.2, 0.25) is 0 Å². The fraction of sp³-hybridized carbons (Fsp3) is 0.389. The molecule has 0 aliphatic carbocycles. The lowest BCUT2D eigenvalue weighted by molar-refractivity contribution is 0.414. The average molecular weight is 297 g/mol. The Balaban J connectivity index is 1.62. The Morgan fingerprint density at radius 3 is 2.50 bits per heavy atom. The van der Waals surface area contributed by atoms with Crippen molar-refractivity contribution < 1.29 is 4.74 Å². The van der Waals surface area contributed by atoms with Crippen LogP contribution < -0.4 is 15.0 Å². The van der Waals surface area contributed by atoms with Crippen LogP contribution in [0.25, 0.3) is 0 Å². The van der Waals surface area contributed by atoms with E-state index in [0.29, 0.717) is 0 Å². The SMILES string of the molecule is COc1cc(CNCc2ccncc2)ccc1N1CCCC1. The minimum Gasteiger partial charge on any atom is -0.495 e. The zero-order valence-corrected chi connectivity index (χ0v) is 13.1. The Kier molecular flexibility index (Phi) is 4.91. The summed E-state index contributed by atoms with van der Waals surface area (Å²) in [7, 11) is 1.75. The van der Waals surface area contributed by atoms with E-state index in [1.165, 1.54) is 29.7 Å². The van der Waals surface area contributed by atoms with Crippen molar-refractivity contribution in [1.29, 1.82) is 0 Å². The summed E-state index contributed by atoms with van der Waals surface area (Å²) in [5, 5.41) is 3.46. The molecule has 1 aliphatic heterocycles. The molecule has 1 aliphatic rings. The van der Waals surface area contributed by atoms with Crippen molar-refractivity contribution in [2.24, 2.45) is 0 Å². The Bertz CT molecular complexity index is 595. The molecule has 0 radical (unpaired) electrons. The highest BCUT2D eigenvalue weighted by Crippen LogP contribution is 2.31. The maximum absolute atomic E-state index is 5.59. The van der Waals surface area contributed by atoms with E-state index in [1.807, 2.05) is 24.5 Å². The van der Waals surface area contributed by atoms with Gasteiger partial charge in [-0.3, -0.25) is 4.98 Å². The van der Waals surface area contributed by atoms with E-state index in [1.54, 1.807) is 7.11 Å². The zero-order chi connectivity index (χ0) is 15.2. The summed E-state index contributed by atoms with van der Waals surface area (Å²) in [6.07, 6.45) is 6.20. The lowest BCUT2D eigenvalue weighted by Crippen LogP contribution is -2.19. The summed E-state index contributed by atoms with van der Waals surface area (Å²) in [5.74, 6) is 0.977. The van der Waals surface area contributed by atoms with Crippen LogP contribution in [0.1, 0.15) is 24.0 Å². The van der Waals surface area contributed by atoms with Crippen LogP contribution in [0.15, 0.2) is 42.7 Å². The highest BCUT2D eigenvalue weighted by Gasteiger charge is 2.16. The van der Waals surface area contributed by atoms with Crippen molar-refractivity contribution in [2.45, 2.75) is 25.9 Å². The number of nitrogens with zero attached hydrogens (tertiary/aromatic N) is 2. The predicted octanol–water partition coefficient (Wildman–Crippen LogP) is 2.98. The van der Waals surface area contributed by atoms with Gasteiger partial charge < -0.3 is 15.0 Å². The van der Waals surface area contributed by atoms with Gasteiger partial charge in [0, 0.05) is 38.6 Å². The summed E-state index contributed by atoms with van der Waals surface area (Å²) in [5.41, 5.74) is 3.71. The van der Waals surface area contributed by atoms with Crippen molar-refractivity contribution in [3.05, 3.63) is 53.9 Å². The summed E-state index contributed by atoms with van der Waals surface area (Å²) in [4.78, 5) is 6.44. The second-order valence-electron chi connectivity index (χ2n) is 5.66. The van der Waals surface area contributed by atoms with Crippen LogP contribution in [0, 0.1) is 0 Å². The number of hydrogen-bond donors (Lipinski definition) is 1. The van der Waals surface area contributed by atoms with Gasteiger partial charge in [-0.2, -0.15) is 0 Å². The zero-order valence-electron chi connectivity index (χ0n) is 13.1. The fourth-order valence-corrected chi connectivity index (χ4v) is 2.90. The first-order valence-corrected chi connectivity index (χ1v) is 7.88. The number of methoxy groups -OCH3 is 1. The van der Waals surface area contributed by atoms with Crippen LogP contribution in [-0.2, 0) is 13.1 Å². The third kappa shape index (κ3) is 3.57. The maximum atomic E-state index is 5.59. The molecular formula is C18H23N3O. The second kappa shape index (κ2) is 7.27. The topological polar surface area (TPSA) is 37.4 Å². The summed E-state index contributed by atoms with van der Waals surface area (Å²) < 4.78 is 5.59. The van der Waals surface area contributed by atoms with E-state index in [9.17, 15) is 0 Å². The number of anilines is 1. The van der Waals surface area contributed by atoms with Gasteiger partial charge in [-0.15, -0.1) is 0 Å². The van der Waals surface area contributed by atoms with Crippen molar-refractivity contribution in [3.8, 4) is 5.75 Å². The van der Waals surface area contributed by atoms with Crippen molar-refractivity contribution in [2.75, 3.05) is 25.1 Å². The third-order valence-electron chi connectivity index (χ3n) is 4.10. The molecule has 0 saturated carbocycles.